The van der Waals surface area contributed by atoms with Gasteiger partial charge in [-0.2, -0.15) is 0 Å². The fourth-order valence-electron chi connectivity index (χ4n) is 3.27. The fourth-order valence-corrected chi connectivity index (χ4v) is 3.27. The summed E-state index contributed by atoms with van der Waals surface area (Å²) in [5.41, 5.74) is 13.4. The molecule has 28 heavy (non-hydrogen) atoms. The number of aliphatic imine (C=N–C) groups is 2. The van der Waals surface area contributed by atoms with Crippen molar-refractivity contribution in [2.75, 3.05) is 0 Å². The molecule has 0 bridgehead atoms. The molecule has 1 unspecified atom stereocenters. The summed E-state index contributed by atoms with van der Waals surface area (Å²) in [6.45, 7) is 6.27. The molecule has 0 heterocycles. The van der Waals surface area contributed by atoms with Gasteiger partial charge in [0.25, 0.3) is 0 Å². The maximum atomic E-state index is 6.26. The lowest BCUT2D eigenvalue weighted by Gasteiger charge is -2.18. The molecular weight excluding hydrogens is 342 g/mol. The third kappa shape index (κ3) is 5.29. The summed E-state index contributed by atoms with van der Waals surface area (Å²) in [5, 5.41) is 0. The molecule has 144 valence electrons. The van der Waals surface area contributed by atoms with Gasteiger partial charge in [0.05, 0.1) is 0 Å². The van der Waals surface area contributed by atoms with Crippen LogP contribution in [0.2, 0.25) is 0 Å². The van der Waals surface area contributed by atoms with Gasteiger partial charge >= 0.3 is 0 Å². The van der Waals surface area contributed by atoms with Crippen LogP contribution in [0.25, 0.3) is 0 Å². The maximum Gasteiger partial charge on any atom is 0.106 e. The lowest BCUT2D eigenvalue weighted by molar-refractivity contribution is 0.794. The SMILES string of the molecule is CC(=NC1=C(C)C=CC(C(N)=N/C=C/Cc2ccc(C)cc2)C1)C1=CCC=C1. The maximum absolute atomic E-state index is 6.26. The van der Waals surface area contributed by atoms with E-state index in [1.165, 1.54) is 22.3 Å². The topological polar surface area (TPSA) is 50.7 Å². The molecule has 1 aromatic carbocycles. The normalized spacial score (nSPS) is 20.4. The van der Waals surface area contributed by atoms with E-state index in [0.29, 0.717) is 5.84 Å². The van der Waals surface area contributed by atoms with Crippen LogP contribution < -0.4 is 5.73 Å². The summed E-state index contributed by atoms with van der Waals surface area (Å²) in [7, 11) is 0. The highest BCUT2D eigenvalue weighted by Crippen LogP contribution is 2.26. The van der Waals surface area contributed by atoms with Crippen molar-refractivity contribution < 1.29 is 0 Å². The molecule has 0 radical (unpaired) electrons. The number of aryl methyl sites for hydroxylation is 1. The Morgan fingerprint density at radius 2 is 1.96 bits per heavy atom. The third-order valence-electron chi connectivity index (χ3n) is 5.12. The van der Waals surface area contributed by atoms with Crippen molar-refractivity contribution in [1.82, 2.24) is 0 Å². The number of hydrogen-bond acceptors (Lipinski definition) is 2. The van der Waals surface area contributed by atoms with Crippen molar-refractivity contribution in [3.63, 3.8) is 0 Å². The smallest absolute Gasteiger partial charge is 0.106 e. The van der Waals surface area contributed by atoms with E-state index in [2.05, 4.69) is 80.4 Å². The molecule has 0 amide bonds. The van der Waals surface area contributed by atoms with Crippen LogP contribution in [0.5, 0.6) is 0 Å². The highest BCUT2D eigenvalue weighted by atomic mass is 14.9. The summed E-state index contributed by atoms with van der Waals surface area (Å²) >= 11 is 0. The van der Waals surface area contributed by atoms with Gasteiger partial charge in [-0.25, -0.2) is 4.99 Å². The summed E-state index contributed by atoms with van der Waals surface area (Å²) in [6, 6.07) is 8.55. The molecule has 0 aromatic heterocycles. The average Bonchev–Trinajstić information content (AvgIpc) is 3.23. The van der Waals surface area contributed by atoms with E-state index in [-0.39, 0.29) is 5.92 Å². The van der Waals surface area contributed by atoms with Crippen molar-refractivity contribution in [3.8, 4) is 0 Å². The van der Waals surface area contributed by atoms with Gasteiger partial charge < -0.3 is 5.73 Å². The first-order valence-electron chi connectivity index (χ1n) is 9.87. The first kappa shape index (κ1) is 19.8. The second-order valence-corrected chi connectivity index (χ2v) is 7.42. The molecule has 1 aromatic rings. The largest absolute Gasteiger partial charge is 0.387 e. The predicted octanol–water partition coefficient (Wildman–Crippen LogP) is 5.61. The zero-order chi connectivity index (χ0) is 19.9. The van der Waals surface area contributed by atoms with E-state index >= 15 is 0 Å². The lowest BCUT2D eigenvalue weighted by Crippen LogP contribution is -2.24. The molecule has 2 N–H and O–H groups in total. The van der Waals surface area contributed by atoms with Crippen LogP contribution in [0, 0.1) is 12.8 Å². The quantitative estimate of drug-likeness (QED) is 0.513. The van der Waals surface area contributed by atoms with Gasteiger partial charge in [0, 0.05) is 29.9 Å². The Balaban J connectivity index is 1.62. The zero-order valence-electron chi connectivity index (χ0n) is 17.0. The Hall–Kier alpha value is -2.94. The van der Waals surface area contributed by atoms with Crippen LogP contribution in [-0.4, -0.2) is 11.5 Å². The van der Waals surface area contributed by atoms with Crippen molar-refractivity contribution in [2.24, 2.45) is 21.6 Å². The minimum Gasteiger partial charge on any atom is -0.387 e. The van der Waals surface area contributed by atoms with E-state index in [1.807, 2.05) is 12.3 Å². The summed E-state index contributed by atoms with van der Waals surface area (Å²) < 4.78 is 0. The van der Waals surface area contributed by atoms with Gasteiger partial charge in [-0.05, 0) is 50.3 Å². The number of benzene rings is 1. The van der Waals surface area contributed by atoms with Crippen LogP contribution in [-0.2, 0) is 6.42 Å². The number of hydrogen-bond donors (Lipinski definition) is 1. The standard InChI is InChI=1S/C25H29N3/c1-18-10-13-21(14-11-18)7-6-16-27-25(26)23-15-12-19(2)24(17-23)28-20(3)22-8-4-5-9-22/h4,6,8-16,23H,5,7,17H2,1-3H3,(H2,26,27)/b16-6+,28-20?. The third-order valence-corrected chi connectivity index (χ3v) is 5.12. The molecule has 0 saturated carbocycles. The molecule has 0 aliphatic heterocycles. The van der Waals surface area contributed by atoms with E-state index < -0.39 is 0 Å². The highest BCUT2D eigenvalue weighted by Gasteiger charge is 2.18. The van der Waals surface area contributed by atoms with Gasteiger partial charge in [0.1, 0.15) is 5.84 Å². The van der Waals surface area contributed by atoms with Gasteiger partial charge in [0.2, 0.25) is 0 Å². The molecule has 0 spiro atoms. The Labute approximate surface area is 168 Å². The van der Waals surface area contributed by atoms with Crippen molar-refractivity contribution in [2.45, 2.75) is 40.0 Å². The Kier molecular flexibility index (Phi) is 6.59. The Bertz CT molecular complexity index is 919. The first-order chi connectivity index (χ1) is 13.5. The summed E-state index contributed by atoms with van der Waals surface area (Å²) in [5.74, 6) is 0.724. The second-order valence-electron chi connectivity index (χ2n) is 7.42. The van der Waals surface area contributed by atoms with Crippen molar-refractivity contribution in [1.29, 1.82) is 0 Å². The molecule has 3 heteroatoms. The van der Waals surface area contributed by atoms with Crippen LogP contribution in [0.15, 0.2) is 93.7 Å². The molecule has 3 nitrogen and oxygen atoms in total. The van der Waals surface area contributed by atoms with E-state index in [0.717, 1.165) is 30.7 Å². The molecule has 3 rings (SSSR count). The second kappa shape index (κ2) is 9.32. The van der Waals surface area contributed by atoms with Crippen LogP contribution in [0.1, 0.15) is 37.8 Å². The minimum atomic E-state index is 0.0902. The van der Waals surface area contributed by atoms with Gasteiger partial charge in [0.15, 0.2) is 0 Å². The molecule has 2 aliphatic rings. The lowest BCUT2D eigenvalue weighted by atomic mass is 9.93. The minimum absolute atomic E-state index is 0.0902. The number of nitrogens with two attached hydrogens (primary N) is 1. The average molecular weight is 372 g/mol. The number of amidine groups is 1. The van der Waals surface area contributed by atoms with Gasteiger partial charge in [-0.1, -0.05) is 66.3 Å². The highest BCUT2D eigenvalue weighted by molar-refractivity contribution is 6.02. The Morgan fingerprint density at radius 3 is 2.68 bits per heavy atom. The molecular formula is C25H29N3. The van der Waals surface area contributed by atoms with Crippen LogP contribution in [0.4, 0.5) is 0 Å². The number of nitrogens with zero attached hydrogens (tertiary/aromatic N) is 2. The first-order valence-corrected chi connectivity index (χ1v) is 9.87. The summed E-state index contributed by atoms with van der Waals surface area (Å²) in [6.07, 6.45) is 17.3. The summed E-state index contributed by atoms with van der Waals surface area (Å²) in [4.78, 5) is 9.34. The molecule has 1 atom stereocenters. The zero-order valence-corrected chi connectivity index (χ0v) is 17.0. The van der Waals surface area contributed by atoms with Crippen molar-refractivity contribution in [3.05, 3.63) is 94.9 Å². The van der Waals surface area contributed by atoms with Crippen molar-refractivity contribution >= 4 is 11.5 Å². The van der Waals surface area contributed by atoms with Crippen LogP contribution in [0.3, 0.4) is 0 Å². The monoisotopic (exact) mass is 371 g/mol. The van der Waals surface area contributed by atoms with Crippen LogP contribution >= 0.6 is 0 Å². The fraction of sp³-hybridized carbons (Fsp3) is 0.280. The van der Waals surface area contributed by atoms with E-state index in [4.69, 9.17) is 10.7 Å². The van der Waals surface area contributed by atoms with Gasteiger partial charge in [-0.15, -0.1) is 0 Å². The van der Waals surface area contributed by atoms with E-state index in [1.54, 1.807) is 0 Å². The molecule has 0 saturated heterocycles. The number of allylic oxidation sites excluding steroid dienone is 8. The van der Waals surface area contributed by atoms with Gasteiger partial charge in [-0.3, -0.25) is 4.99 Å². The molecule has 0 fully saturated rings. The number of rotatable bonds is 6. The Morgan fingerprint density at radius 1 is 1.18 bits per heavy atom. The van der Waals surface area contributed by atoms with E-state index in [9.17, 15) is 0 Å². The molecule has 2 aliphatic carbocycles. The predicted molar refractivity (Wildman–Crippen MR) is 121 cm³/mol.